The van der Waals surface area contributed by atoms with Gasteiger partial charge in [0.05, 0.1) is 4.90 Å². The van der Waals surface area contributed by atoms with Crippen LogP contribution in [0.15, 0.2) is 59.5 Å². The molecule has 0 radical (unpaired) electrons. The number of sulfonamides is 1. The summed E-state index contributed by atoms with van der Waals surface area (Å²) in [5.41, 5.74) is 1.31. The number of primary sulfonamides is 1. The van der Waals surface area contributed by atoms with E-state index in [1.807, 2.05) is 30.3 Å². The largest absolute Gasteiger partial charge is 0.352 e. The van der Waals surface area contributed by atoms with Gasteiger partial charge in [0, 0.05) is 18.2 Å². The molecule has 2 aromatic carbocycles. The van der Waals surface area contributed by atoms with Crippen molar-refractivity contribution >= 4 is 27.6 Å². The molecule has 0 saturated heterocycles. The number of nitrogens with one attached hydrogen (secondary N) is 3. The van der Waals surface area contributed by atoms with Gasteiger partial charge in [-0.15, -0.1) is 0 Å². The van der Waals surface area contributed by atoms with E-state index in [1.54, 1.807) is 0 Å². The van der Waals surface area contributed by atoms with E-state index in [2.05, 4.69) is 16.0 Å². The SMILES string of the molecule is NS(=O)(=O)c1ccc(NC(=O)NC(Cc2ccccc2)C(=O)NC2CC2)cc1. The number of benzene rings is 2. The quantitative estimate of drug-likeness (QED) is 0.557. The molecule has 0 aliphatic heterocycles. The molecule has 1 atom stereocenters. The summed E-state index contributed by atoms with van der Waals surface area (Å²) in [6.07, 6.45) is 2.26. The lowest BCUT2D eigenvalue weighted by molar-refractivity contribution is -0.123. The number of carbonyl (C=O) groups is 2. The van der Waals surface area contributed by atoms with E-state index < -0.39 is 22.1 Å². The summed E-state index contributed by atoms with van der Waals surface area (Å²) in [5, 5.41) is 13.2. The Kier molecular flexibility index (Phi) is 5.96. The van der Waals surface area contributed by atoms with E-state index in [1.165, 1.54) is 24.3 Å². The average Bonchev–Trinajstić information content (AvgIpc) is 3.45. The Hall–Kier alpha value is -2.91. The van der Waals surface area contributed by atoms with Crippen molar-refractivity contribution in [2.75, 3.05) is 5.32 Å². The van der Waals surface area contributed by atoms with E-state index in [0.29, 0.717) is 12.1 Å². The number of urea groups is 1. The van der Waals surface area contributed by atoms with Gasteiger partial charge < -0.3 is 16.0 Å². The lowest BCUT2D eigenvalue weighted by atomic mass is 10.1. The van der Waals surface area contributed by atoms with Crippen LogP contribution in [-0.4, -0.2) is 32.4 Å². The molecule has 9 heteroatoms. The van der Waals surface area contributed by atoms with E-state index in [9.17, 15) is 18.0 Å². The van der Waals surface area contributed by atoms with Crippen LogP contribution in [0.4, 0.5) is 10.5 Å². The summed E-state index contributed by atoms with van der Waals surface area (Å²) >= 11 is 0. The molecule has 0 spiro atoms. The first-order valence-electron chi connectivity index (χ1n) is 8.86. The van der Waals surface area contributed by atoms with E-state index in [0.717, 1.165) is 18.4 Å². The van der Waals surface area contributed by atoms with E-state index in [-0.39, 0.29) is 16.8 Å². The topological polar surface area (TPSA) is 130 Å². The molecule has 1 aliphatic carbocycles. The minimum Gasteiger partial charge on any atom is -0.352 e. The average molecular weight is 402 g/mol. The van der Waals surface area contributed by atoms with Gasteiger partial charge in [0.25, 0.3) is 0 Å². The third kappa shape index (κ3) is 5.80. The fourth-order valence-electron chi connectivity index (χ4n) is 2.64. The number of hydrogen-bond acceptors (Lipinski definition) is 4. The van der Waals surface area contributed by atoms with Gasteiger partial charge >= 0.3 is 6.03 Å². The molecule has 5 N–H and O–H groups in total. The standard InChI is InChI=1S/C19H22N4O4S/c20-28(26,27)16-10-8-15(9-11-16)22-19(25)23-17(18(24)21-14-6-7-14)12-13-4-2-1-3-5-13/h1-5,8-11,14,17H,6-7,12H2,(H,21,24)(H2,20,26,27)(H2,22,23,25). The third-order valence-electron chi connectivity index (χ3n) is 4.27. The van der Waals surface area contributed by atoms with Crippen LogP contribution in [0.5, 0.6) is 0 Å². The molecule has 3 rings (SSSR count). The van der Waals surface area contributed by atoms with Crippen molar-refractivity contribution in [1.29, 1.82) is 0 Å². The Bertz CT molecular complexity index is 942. The fraction of sp³-hybridized carbons (Fsp3) is 0.263. The molecule has 0 aromatic heterocycles. The maximum absolute atomic E-state index is 12.5. The van der Waals surface area contributed by atoms with Gasteiger partial charge in [-0.2, -0.15) is 0 Å². The van der Waals surface area contributed by atoms with Crippen LogP contribution in [0.2, 0.25) is 0 Å². The number of carbonyl (C=O) groups excluding carboxylic acids is 2. The van der Waals surface area contributed by atoms with Crippen molar-refractivity contribution < 1.29 is 18.0 Å². The zero-order chi connectivity index (χ0) is 20.1. The van der Waals surface area contributed by atoms with Gasteiger partial charge in [0.15, 0.2) is 0 Å². The summed E-state index contributed by atoms with van der Waals surface area (Å²) in [5.74, 6) is -0.230. The second kappa shape index (κ2) is 8.41. The first-order chi connectivity index (χ1) is 13.3. The van der Waals surface area contributed by atoms with Crippen LogP contribution in [0.3, 0.4) is 0 Å². The van der Waals surface area contributed by atoms with Gasteiger partial charge in [-0.05, 0) is 42.7 Å². The van der Waals surface area contributed by atoms with Crippen molar-refractivity contribution in [3.8, 4) is 0 Å². The smallest absolute Gasteiger partial charge is 0.319 e. The first kappa shape index (κ1) is 19.8. The highest BCUT2D eigenvalue weighted by atomic mass is 32.2. The fourth-order valence-corrected chi connectivity index (χ4v) is 3.16. The molecular formula is C19H22N4O4S. The highest BCUT2D eigenvalue weighted by Crippen LogP contribution is 2.19. The molecule has 1 saturated carbocycles. The summed E-state index contributed by atoms with van der Waals surface area (Å²) in [6, 6.07) is 13.8. The minimum atomic E-state index is -3.80. The van der Waals surface area contributed by atoms with E-state index in [4.69, 9.17) is 5.14 Å². The maximum Gasteiger partial charge on any atom is 0.319 e. The first-order valence-corrected chi connectivity index (χ1v) is 10.4. The molecule has 148 valence electrons. The Morgan fingerprint density at radius 2 is 1.68 bits per heavy atom. The van der Waals surface area contributed by atoms with Crippen molar-refractivity contribution in [3.63, 3.8) is 0 Å². The normalized spacial score (nSPS) is 14.8. The molecule has 0 heterocycles. The number of nitrogens with two attached hydrogens (primary N) is 1. The second-order valence-corrected chi connectivity index (χ2v) is 8.25. The lowest BCUT2D eigenvalue weighted by Gasteiger charge is -2.19. The predicted octanol–water partition coefficient (Wildman–Crippen LogP) is 1.35. The van der Waals surface area contributed by atoms with Gasteiger partial charge in [-0.25, -0.2) is 18.4 Å². The summed E-state index contributed by atoms with van der Waals surface area (Å²) in [7, 11) is -3.80. The molecule has 1 aliphatic rings. The molecule has 3 amide bonds. The lowest BCUT2D eigenvalue weighted by Crippen LogP contribution is -2.49. The Balaban J connectivity index is 1.65. The predicted molar refractivity (Wildman–Crippen MR) is 105 cm³/mol. The van der Waals surface area contributed by atoms with Gasteiger partial charge in [-0.3, -0.25) is 4.79 Å². The number of amides is 3. The molecule has 1 fully saturated rings. The van der Waals surface area contributed by atoms with Gasteiger partial charge in [-0.1, -0.05) is 30.3 Å². The zero-order valence-electron chi connectivity index (χ0n) is 15.1. The van der Waals surface area contributed by atoms with Crippen molar-refractivity contribution in [3.05, 3.63) is 60.2 Å². The highest BCUT2D eigenvalue weighted by Gasteiger charge is 2.28. The maximum atomic E-state index is 12.5. The van der Waals surface area contributed by atoms with Crippen molar-refractivity contribution in [2.24, 2.45) is 5.14 Å². The monoisotopic (exact) mass is 402 g/mol. The van der Waals surface area contributed by atoms with Crippen LogP contribution in [0.25, 0.3) is 0 Å². The van der Waals surface area contributed by atoms with Crippen LogP contribution in [0, 0.1) is 0 Å². The van der Waals surface area contributed by atoms with Crippen LogP contribution >= 0.6 is 0 Å². The van der Waals surface area contributed by atoms with Crippen LogP contribution < -0.4 is 21.1 Å². The summed E-state index contributed by atoms with van der Waals surface area (Å²) in [4.78, 5) is 24.8. The summed E-state index contributed by atoms with van der Waals surface area (Å²) < 4.78 is 22.6. The third-order valence-corrected chi connectivity index (χ3v) is 5.20. The molecule has 1 unspecified atom stereocenters. The van der Waals surface area contributed by atoms with Crippen LogP contribution in [0.1, 0.15) is 18.4 Å². The zero-order valence-corrected chi connectivity index (χ0v) is 15.9. The second-order valence-electron chi connectivity index (χ2n) is 6.69. The Morgan fingerprint density at radius 1 is 1.04 bits per heavy atom. The van der Waals surface area contributed by atoms with Crippen LogP contribution in [-0.2, 0) is 21.2 Å². The van der Waals surface area contributed by atoms with Gasteiger partial charge in [0.2, 0.25) is 15.9 Å². The van der Waals surface area contributed by atoms with Gasteiger partial charge in [0.1, 0.15) is 6.04 Å². The Morgan fingerprint density at radius 3 is 2.25 bits per heavy atom. The Labute approximate surface area is 163 Å². The summed E-state index contributed by atoms with van der Waals surface area (Å²) in [6.45, 7) is 0. The highest BCUT2D eigenvalue weighted by molar-refractivity contribution is 7.89. The molecule has 2 aromatic rings. The molecule has 28 heavy (non-hydrogen) atoms. The number of hydrogen-bond donors (Lipinski definition) is 4. The van der Waals surface area contributed by atoms with E-state index >= 15 is 0 Å². The number of anilines is 1. The molecule has 8 nitrogen and oxygen atoms in total. The number of rotatable bonds is 7. The van der Waals surface area contributed by atoms with Crippen molar-refractivity contribution in [1.82, 2.24) is 10.6 Å². The molecule has 0 bridgehead atoms. The minimum absolute atomic E-state index is 0.0516. The van der Waals surface area contributed by atoms with Crippen molar-refractivity contribution in [2.45, 2.75) is 36.2 Å². The molecular weight excluding hydrogens is 380 g/mol.